The minimum Gasteiger partial charge on any atom is -0.479 e. The molecule has 7 N–H and O–H groups in total. The summed E-state index contributed by atoms with van der Waals surface area (Å²) in [5.41, 5.74) is 10.7. The summed E-state index contributed by atoms with van der Waals surface area (Å²) in [6.07, 6.45) is -3.28. The molecule has 0 aliphatic carbocycles. The Kier molecular flexibility index (Phi) is 8.40. The second-order valence-corrected chi connectivity index (χ2v) is 3.92. The van der Waals surface area contributed by atoms with E-state index in [4.69, 9.17) is 26.8 Å². The number of carbonyl (C=O) groups excluding carboxylic acids is 2. The molecule has 3 unspecified atom stereocenters. The number of hydrogen-bond donors (Lipinski definition) is 5. The number of carboxylic acids is 1. The molecule has 0 aromatic rings. The third-order valence-electron chi connectivity index (χ3n) is 2.27. The van der Waals surface area contributed by atoms with Crippen LogP contribution in [-0.4, -0.2) is 58.0 Å². The van der Waals surface area contributed by atoms with Crippen LogP contribution in [0.25, 0.3) is 0 Å². The number of hydrogen-bond acceptors (Lipinski definition) is 9. The number of aliphatic hydroxyl groups excluding tert-OH is 2. The second-order valence-electron chi connectivity index (χ2n) is 3.92. The normalized spacial score (nSPS) is 15.0. The average Bonchev–Trinajstić information content (AvgIpc) is 2.42. The summed E-state index contributed by atoms with van der Waals surface area (Å²) in [5, 5.41) is 26.2. The molecule has 10 heteroatoms. The summed E-state index contributed by atoms with van der Waals surface area (Å²) in [7, 11) is 0. The maximum Gasteiger partial charge on any atom is 0.387 e. The van der Waals surface area contributed by atoms with Gasteiger partial charge in [0.2, 0.25) is 0 Å². The lowest BCUT2D eigenvalue weighted by atomic mass is 10.1. The van der Waals surface area contributed by atoms with Gasteiger partial charge >= 0.3 is 17.9 Å². The molecule has 20 heavy (non-hydrogen) atoms. The van der Waals surface area contributed by atoms with Crippen LogP contribution in [-0.2, 0) is 24.2 Å². The third kappa shape index (κ3) is 6.43. The SMILES string of the molecule is NCCCCC(N)C(=O)OOC(=O)C(O)C(O)C(=O)O. The van der Waals surface area contributed by atoms with Crippen molar-refractivity contribution in [3.05, 3.63) is 0 Å². The lowest BCUT2D eigenvalue weighted by molar-refractivity contribution is -0.267. The first-order valence-corrected chi connectivity index (χ1v) is 5.78. The minimum atomic E-state index is -2.39. The van der Waals surface area contributed by atoms with Crippen LogP contribution in [0.5, 0.6) is 0 Å². The van der Waals surface area contributed by atoms with Crippen molar-refractivity contribution < 1.29 is 39.5 Å². The van der Waals surface area contributed by atoms with Crippen molar-refractivity contribution in [1.29, 1.82) is 0 Å². The van der Waals surface area contributed by atoms with Crippen LogP contribution in [0.4, 0.5) is 0 Å². The lowest BCUT2D eigenvalue weighted by Gasteiger charge is -2.13. The van der Waals surface area contributed by atoms with Crippen molar-refractivity contribution in [3.63, 3.8) is 0 Å². The van der Waals surface area contributed by atoms with Crippen molar-refractivity contribution in [2.24, 2.45) is 11.5 Å². The minimum absolute atomic E-state index is 0.258. The molecule has 10 nitrogen and oxygen atoms in total. The van der Waals surface area contributed by atoms with Gasteiger partial charge in [0.05, 0.1) is 0 Å². The summed E-state index contributed by atoms with van der Waals surface area (Å²) in [6, 6.07) is -1.05. The maximum absolute atomic E-state index is 11.3. The van der Waals surface area contributed by atoms with Gasteiger partial charge < -0.3 is 26.8 Å². The van der Waals surface area contributed by atoms with E-state index in [0.29, 0.717) is 19.4 Å². The molecule has 0 aromatic carbocycles. The fraction of sp³-hybridized carbons (Fsp3) is 0.700. The van der Waals surface area contributed by atoms with Gasteiger partial charge in [0.25, 0.3) is 0 Å². The van der Waals surface area contributed by atoms with E-state index in [2.05, 4.69) is 9.78 Å². The van der Waals surface area contributed by atoms with E-state index in [1.54, 1.807) is 0 Å². The standard InChI is InChI=1S/C10H18N2O8/c11-4-2-1-3-5(12)9(17)19-20-10(18)7(14)6(13)8(15)16/h5-7,13-14H,1-4,11-12H2,(H,15,16). The Morgan fingerprint density at radius 2 is 1.55 bits per heavy atom. The van der Waals surface area contributed by atoms with Crippen LogP contribution in [0.2, 0.25) is 0 Å². The number of rotatable bonds is 8. The molecular formula is C10H18N2O8. The van der Waals surface area contributed by atoms with Crippen molar-refractivity contribution in [1.82, 2.24) is 0 Å². The van der Waals surface area contributed by atoms with Gasteiger partial charge in [-0.2, -0.15) is 0 Å². The fourth-order valence-corrected chi connectivity index (χ4v) is 1.08. The smallest absolute Gasteiger partial charge is 0.387 e. The van der Waals surface area contributed by atoms with Crippen LogP contribution >= 0.6 is 0 Å². The van der Waals surface area contributed by atoms with Crippen molar-refractivity contribution in [3.8, 4) is 0 Å². The van der Waals surface area contributed by atoms with E-state index in [1.165, 1.54) is 0 Å². The predicted molar refractivity (Wildman–Crippen MR) is 62.7 cm³/mol. The molecule has 3 atom stereocenters. The summed E-state index contributed by atoms with van der Waals surface area (Å²) < 4.78 is 0. The fourth-order valence-electron chi connectivity index (χ4n) is 1.08. The molecule has 0 amide bonds. The molecule has 0 saturated heterocycles. The molecular weight excluding hydrogens is 276 g/mol. The maximum atomic E-state index is 11.3. The predicted octanol–water partition coefficient (Wildman–Crippen LogP) is -2.75. The first-order valence-electron chi connectivity index (χ1n) is 5.78. The highest BCUT2D eigenvalue weighted by Crippen LogP contribution is 2.02. The number of aliphatic hydroxyl groups is 2. The summed E-state index contributed by atoms with van der Waals surface area (Å²) in [5.74, 6) is -4.52. The van der Waals surface area contributed by atoms with E-state index in [0.717, 1.165) is 0 Å². The van der Waals surface area contributed by atoms with Crippen LogP contribution in [0.15, 0.2) is 0 Å². The molecule has 0 fully saturated rings. The Bertz CT molecular complexity index is 348. The van der Waals surface area contributed by atoms with Gasteiger partial charge in [0.1, 0.15) is 6.04 Å². The van der Waals surface area contributed by atoms with E-state index in [-0.39, 0.29) is 6.42 Å². The Morgan fingerprint density at radius 3 is 2.05 bits per heavy atom. The molecule has 0 spiro atoms. The van der Waals surface area contributed by atoms with Gasteiger partial charge in [-0.15, -0.1) is 0 Å². The number of aliphatic carboxylic acids is 1. The number of carboxylic acid groups (broad SMARTS) is 1. The number of carbonyl (C=O) groups is 3. The van der Waals surface area contributed by atoms with E-state index < -0.39 is 36.2 Å². The highest BCUT2D eigenvalue weighted by atomic mass is 17.2. The highest BCUT2D eigenvalue weighted by Gasteiger charge is 2.33. The zero-order valence-corrected chi connectivity index (χ0v) is 10.6. The summed E-state index contributed by atoms with van der Waals surface area (Å²) in [4.78, 5) is 40.5. The van der Waals surface area contributed by atoms with E-state index in [9.17, 15) is 14.4 Å². The Morgan fingerprint density at radius 1 is 1.00 bits per heavy atom. The largest absolute Gasteiger partial charge is 0.479 e. The average molecular weight is 294 g/mol. The molecule has 116 valence electrons. The molecule has 0 aliphatic rings. The topological polar surface area (TPSA) is 182 Å². The van der Waals surface area contributed by atoms with Crippen molar-refractivity contribution in [2.75, 3.05) is 6.54 Å². The van der Waals surface area contributed by atoms with E-state index >= 15 is 0 Å². The third-order valence-corrected chi connectivity index (χ3v) is 2.27. The monoisotopic (exact) mass is 294 g/mol. The van der Waals surface area contributed by atoms with Crippen molar-refractivity contribution >= 4 is 17.9 Å². The van der Waals surface area contributed by atoms with Crippen LogP contribution in [0, 0.1) is 0 Å². The molecule has 0 bridgehead atoms. The molecule has 0 aromatic heterocycles. The molecule has 0 rings (SSSR count). The van der Waals surface area contributed by atoms with Gasteiger partial charge in [0, 0.05) is 0 Å². The summed E-state index contributed by atoms with van der Waals surface area (Å²) in [6.45, 7) is 0.440. The van der Waals surface area contributed by atoms with E-state index in [1.807, 2.05) is 0 Å². The quantitative estimate of drug-likeness (QED) is 0.179. The number of nitrogens with two attached hydrogens (primary N) is 2. The van der Waals surface area contributed by atoms with Gasteiger partial charge in [0.15, 0.2) is 12.2 Å². The molecule has 0 radical (unpaired) electrons. The summed E-state index contributed by atoms with van der Waals surface area (Å²) >= 11 is 0. The van der Waals surface area contributed by atoms with Gasteiger partial charge in [-0.05, 0) is 19.4 Å². The van der Waals surface area contributed by atoms with Gasteiger partial charge in [-0.25, -0.2) is 24.2 Å². The zero-order valence-electron chi connectivity index (χ0n) is 10.6. The first-order chi connectivity index (χ1) is 9.31. The Hall–Kier alpha value is -1.75. The number of unbranched alkanes of at least 4 members (excludes halogenated alkanes) is 1. The second kappa shape index (κ2) is 9.20. The zero-order chi connectivity index (χ0) is 15.7. The molecule has 0 heterocycles. The lowest BCUT2D eigenvalue weighted by Crippen LogP contribution is -2.41. The first kappa shape index (κ1) is 18.2. The van der Waals surface area contributed by atoms with Crippen LogP contribution in [0.1, 0.15) is 19.3 Å². The van der Waals surface area contributed by atoms with Crippen LogP contribution in [0.3, 0.4) is 0 Å². The molecule has 0 aliphatic heterocycles. The highest BCUT2D eigenvalue weighted by molar-refractivity contribution is 5.84. The Balaban J connectivity index is 4.11. The van der Waals surface area contributed by atoms with Gasteiger partial charge in [-0.3, -0.25) is 0 Å². The van der Waals surface area contributed by atoms with Crippen LogP contribution < -0.4 is 11.5 Å². The van der Waals surface area contributed by atoms with Crippen molar-refractivity contribution in [2.45, 2.75) is 37.5 Å². The van der Waals surface area contributed by atoms with Gasteiger partial charge in [-0.1, -0.05) is 6.42 Å². The molecule has 0 saturated carbocycles. The Labute approximate surface area is 114 Å².